The van der Waals surface area contributed by atoms with Crippen molar-refractivity contribution in [2.45, 2.75) is 52.1 Å². The third-order valence-electron chi connectivity index (χ3n) is 5.50. The monoisotopic (exact) mass is 477 g/mol. The number of hydrogen-bond donors (Lipinski definition) is 1. The molecule has 0 bridgehead atoms. The average molecular weight is 478 g/mol. The molecule has 178 valence electrons. The molecule has 7 nitrogen and oxygen atoms in total. The van der Waals surface area contributed by atoms with Crippen LogP contribution in [0.5, 0.6) is 0 Å². The number of carbonyl (C=O) groups is 1. The first kappa shape index (κ1) is 24.0. The van der Waals surface area contributed by atoms with E-state index in [1.54, 1.807) is 34.5 Å². The number of hydrogen-bond acceptors (Lipinski definition) is 5. The Balaban J connectivity index is 1.84. The highest BCUT2D eigenvalue weighted by Gasteiger charge is 2.19. The number of thioether (sulfide) groups is 1. The Bertz CT molecular complexity index is 1400. The summed E-state index contributed by atoms with van der Waals surface area (Å²) in [5, 5.41) is 13.0. The number of rotatable bonds is 8. The number of nitrogens with one attached hydrogen (secondary N) is 1. The highest BCUT2D eigenvalue weighted by Crippen LogP contribution is 2.26. The van der Waals surface area contributed by atoms with Gasteiger partial charge in [-0.3, -0.25) is 18.6 Å². The topological polar surface area (TPSA) is 81.3 Å². The zero-order valence-corrected chi connectivity index (χ0v) is 21.1. The highest BCUT2D eigenvalue weighted by atomic mass is 32.2. The molecule has 0 aliphatic heterocycles. The van der Waals surface area contributed by atoms with Crippen LogP contribution < -0.4 is 10.9 Å². The van der Waals surface area contributed by atoms with E-state index in [4.69, 9.17) is 0 Å². The van der Waals surface area contributed by atoms with Crippen LogP contribution in [0, 0.1) is 18.8 Å². The highest BCUT2D eigenvalue weighted by molar-refractivity contribution is 7.98. The molecule has 0 atom stereocenters. The van der Waals surface area contributed by atoms with E-state index < -0.39 is 0 Å². The lowest BCUT2D eigenvalue weighted by Crippen LogP contribution is -2.28. The summed E-state index contributed by atoms with van der Waals surface area (Å²) in [5.41, 5.74) is 3.44. The number of amides is 1. The standard InChI is InChI=1S/C26H31N5O2S/c1-16(2)13-27-23(32)20-9-10-21-22(12-20)31-25(30(24(21)33)14-17(3)4)28-29-26(31)34-15-19-8-6-7-18(5)11-19/h6-12,16-17H,13-15H2,1-5H3,(H,27,32). The van der Waals surface area contributed by atoms with Crippen LogP contribution in [0.4, 0.5) is 0 Å². The Hall–Kier alpha value is -3.13. The van der Waals surface area contributed by atoms with Crippen molar-refractivity contribution >= 4 is 34.3 Å². The molecule has 0 aliphatic rings. The molecule has 0 saturated carbocycles. The van der Waals surface area contributed by atoms with Gasteiger partial charge in [0.2, 0.25) is 5.78 Å². The van der Waals surface area contributed by atoms with Gasteiger partial charge >= 0.3 is 0 Å². The van der Waals surface area contributed by atoms with Crippen molar-refractivity contribution < 1.29 is 4.79 Å². The molecule has 34 heavy (non-hydrogen) atoms. The maximum absolute atomic E-state index is 13.4. The molecule has 2 aromatic carbocycles. The fraction of sp³-hybridized carbons (Fsp3) is 0.385. The average Bonchev–Trinajstić information content (AvgIpc) is 3.22. The first-order chi connectivity index (χ1) is 16.2. The van der Waals surface area contributed by atoms with Gasteiger partial charge in [0.05, 0.1) is 10.9 Å². The normalized spacial score (nSPS) is 11.7. The molecule has 0 aliphatic carbocycles. The quantitative estimate of drug-likeness (QED) is 0.373. The number of carbonyl (C=O) groups excluding carboxylic acids is 1. The van der Waals surface area contributed by atoms with Gasteiger partial charge in [-0.05, 0) is 42.5 Å². The van der Waals surface area contributed by atoms with E-state index in [1.807, 2.05) is 10.5 Å². The lowest BCUT2D eigenvalue weighted by molar-refractivity contribution is 0.0949. The Kier molecular flexibility index (Phi) is 7.07. The number of aromatic nitrogens is 4. The minimum atomic E-state index is -0.155. The van der Waals surface area contributed by atoms with Gasteiger partial charge in [0.25, 0.3) is 11.5 Å². The summed E-state index contributed by atoms with van der Waals surface area (Å²) < 4.78 is 3.61. The second-order valence-corrected chi connectivity index (χ2v) is 10.5. The maximum atomic E-state index is 13.4. The molecule has 2 aromatic heterocycles. The van der Waals surface area contributed by atoms with Gasteiger partial charge in [-0.1, -0.05) is 69.3 Å². The first-order valence-electron chi connectivity index (χ1n) is 11.6. The van der Waals surface area contributed by atoms with Crippen LogP contribution in [-0.2, 0) is 12.3 Å². The number of nitrogens with zero attached hydrogens (tertiary/aromatic N) is 4. The van der Waals surface area contributed by atoms with E-state index >= 15 is 0 Å². The summed E-state index contributed by atoms with van der Waals surface area (Å²) in [6, 6.07) is 13.6. The number of benzene rings is 2. The van der Waals surface area contributed by atoms with E-state index in [2.05, 4.69) is 68.3 Å². The molecule has 8 heteroatoms. The van der Waals surface area contributed by atoms with Gasteiger partial charge in [-0.2, -0.15) is 0 Å². The molecule has 4 aromatic rings. The smallest absolute Gasteiger partial charge is 0.262 e. The van der Waals surface area contributed by atoms with Gasteiger partial charge in [0, 0.05) is 24.4 Å². The summed E-state index contributed by atoms with van der Waals surface area (Å²) in [5.74, 6) is 1.68. The Morgan fingerprint density at radius 3 is 2.56 bits per heavy atom. The fourth-order valence-electron chi connectivity index (χ4n) is 3.89. The molecule has 1 N–H and O–H groups in total. The lowest BCUT2D eigenvalue weighted by atomic mass is 10.1. The zero-order chi connectivity index (χ0) is 24.4. The fourth-order valence-corrected chi connectivity index (χ4v) is 4.78. The predicted octanol–water partition coefficient (Wildman–Crippen LogP) is 4.69. The van der Waals surface area contributed by atoms with Crippen LogP contribution in [0.15, 0.2) is 52.4 Å². The van der Waals surface area contributed by atoms with Gasteiger partial charge in [0.15, 0.2) is 5.16 Å². The first-order valence-corrected chi connectivity index (χ1v) is 12.6. The SMILES string of the molecule is Cc1cccc(CSc2nnc3n(CC(C)C)c(=O)c4ccc(C(=O)NCC(C)C)cc4n23)c1. The van der Waals surface area contributed by atoms with Crippen molar-refractivity contribution in [1.82, 2.24) is 24.5 Å². The van der Waals surface area contributed by atoms with Crippen LogP contribution in [-0.4, -0.2) is 31.6 Å². The van der Waals surface area contributed by atoms with Gasteiger partial charge in [0.1, 0.15) is 0 Å². The minimum Gasteiger partial charge on any atom is -0.352 e. The Labute approximate surface area is 203 Å². The van der Waals surface area contributed by atoms with E-state index in [-0.39, 0.29) is 17.4 Å². The Morgan fingerprint density at radius 2 is 1.85 bits per heavy atom. The molecule has 4 rings (SSSR count). The minimum absolute atomic E-state index is 0.118. The van der Waals surface area contributed by atoms with Crippen molar-refractivity contribution in [1.29, 1.82) is 0 Å². The van der Waals surface area contributed by atoms with E-state index in [0.717, 1.165) is 5.75 Å². The van der Waals surface area contributed by atoms with E-state index in [0.29, 0.717) is 46.4 Å². The molecule has 0 saturated heterocycles. The van der Waals surface area contributed by atoms with Crippen molar-refractivity contribution in [2.75, 3.05) is 6.54 Å². The van der Waals surface area contributed by atoms with Gasteiger partial charge < -0.3 is 5.32 Å². The molecule has 2 heterocycles. The molecule has 0 unspecified atom stereocenters. The van der Waals surface area contributed by atoms with Crippen LogP contribution in [0.25, 0.3) is 16.7 Å². The lowest BCUT2D eigenvalue weighted by Gasteiger charge is -2.14. The Morgan fingerprint density at radius 1 is 1.06 bits per heavy atom. The van der Waals surface area contributed by atoms with Crippen LogP contribution in [0.3, 0.4) is 0 Å². The zero-order valence-electron chi connectivity index (χ0n) is 20.3. The molecule has 0 fully saturated rings. The summed E-state index contributed by atoms with van der Waals surface area (Å²) >= 11 is 1.57. The summed E-state index contributed by atoms with van der Waals surface area (Å²) in [7, 11) is 0. The van der Waals surface area contributed by atoms with Gasteiger partial charge in [-0.15, -0.1) is 10.2 Å². The summed E-state index contributed by atoms with van der Waals surface area (Å²) in [6.45, 7) is 11.4. The van der Waals surface area contributed by atoms with Crippen LogP contribution in [0.2, 0.25) is 0 Å². The van der Waals surface area contributed by atoms with E-state index in [9.17, 15) is 9.59 Å². The molecular weight excluding hydrogens is 446 g/mol. The number of aryl methyl sites for hydroxylation is 1. The second kappa shape index (κ2) is 10.0. The third-order valence-corrected chi connectivity index (χ3v) is 6.50. The summed E-state index contributed by atoms with van der Waals surface area (Å²) in [4.78, 5) is 26.1. The van der Waals surface area contributed by atoms with Crippen molar-refractivity contribution in [3.63, 3.8) is 0 Å². The van der Waals surface area contributed by atoms with Crippen LogP contribution in [0.1, 0.15) is 49.2 Å². The number of fused-ring (bicyclic) bond motifs is 3. The van der Waals surface area contributed by atoms with Gasteiger partial charge in [-0.25, -0.2) is 0 Å². The van der Waals surface area contributed by atoms with Crippen LogP contribution >= 0.6 is 11.8 Å². The molecular formula is C26H31N5O2S. The second-order valence-electron chi connectivity index (χ2n) is 9.54. The van der Waals surface area contributed by atoms with E-state index in [1.165, 1.54) is 11.1 Å². The predicted molar refractivity (Wildman–Crippen MR) is 138 cm³/mol. The van der Waals surface area contributed by atoms with Crippen molar-refractivity contribution in [2.24, 2.45) is 11.8 Å². The molecule has 0 radical (unpaired) electrons. The molecule has 0 spiro atoms. The largest absolute Gasteiger partial charge is 0.352 e. The maximum Gasteiger partial charge on any atom is 0.262 e. The van der Waals surface area contributed by atoms with Crippen molar-refractivity contribution in [3.8, 4) is 0 Å². The summed E-state index contributed by atoms with van der Waals surface area (Å²) in [6.07, 6.45) is 0. The third kappa shape index (κ3) is 5.01. The van der Waals surface area contributed by atoms with Crippen molar-refractivity contribution in [3.05, 3.63) is 69.5 Å². The molecule has 1 amide bonds.